The van der Waals surface area contributed by atoms with Gasteiger partial charge in [0.25, 0.3) is 0 Å². The summed E-state index contributed by atoms with van der Waals surface area (Å²) in [7, 11) is 0. The Balaban J connectivity index is 1.35. The largest absolute Gasteiger partial charge is 0.396 e. The normalized spacial score (nSPS) is 45.7. The molecule has 0 aromatic heterocycles. The number of nitrogens with one attached hydrogen (secondary N) is 2. The van der Waals surface area contributed by atoms with E-state index >= 15 is 0 Å². The smallest absolute Gasteiger partial charge is 0.185 e. The van der Waals surface area contributed by atoms with E-state index in [0.717, 1.165) is 64.2 Å². The summed E-state index contributed by atoms with van der Waals surface area (Å²) in [5.41, 5.74) is 4.92. The first kappa shape index (κ1) is 23.8. The van der Waals surface area contributed by atoms with Gasteiger partial charge in [-0.15, -0.1) is 0 Å². The van der Waals surface area contributed by atoms with Crippen LogP contribution in [0.5, 0.6) is 0 Å². The molecule has 7 nitrogen and oxygen atoms in total. The third-order valence-electron chi connectivity index (χ3n) is 10.3. The minimum absolute atomic E-state index is 0.0197. The van der Waals surface area contributed by atoms with Crippen molar-refractivity contribution in [2.75, 3.05) is 13.2 Å². The summed E-state index contributed by atoms with van der Waals surface area (Å²) >= 11 is 0. The predicted octanol–water partition coefficient (Wildman–Crippen LogP) is 3.39. The first-order chi connectivity index (χ1) is 15.2. The van der Waals surface area contributed by atoms with Crippen LogP contribution in [0.1, 0.15) is 84.5 Å². The van der Waals surface area contributed by atoms with Crippen LogP contribution in [0, 0.1) is 39.9 Å². The summed E-state index contributed by atoms with van der Waals surface area (Å²) in [4.78, 5) is 5.37. The first-order valence-electron chi connectivity index (χ1n) is 12.8. The van der Waals surface area contributed by atoms with Gasteiger partial charge in [-0.05, 0) is 98.7 Å². The van der Waals surface area contributed by atoms with Crippen LogP contribution in [-0.2, 0) is 4.84 Å². The highest BCUT2D eigenvalue weighted by Crippen LogP contribution is 2.69. The number of nitrogens with two attached hydrogens (primary N) is 1. The molecule has 6 N–H and O–H groups in total. The van der Waals surface area contributed by atoms with E-state index < -0.39 is 5.60 Å². The lowest BCUT2D eigenvalue weighted by molar-refractivity contribution is -0.209. The van der Waals surface area contributed by atoms with Gasteiger partial charge in [0.15, 0.2) is 5.96 Å². The average molecular weight is 449 g/mol. The molecule has 32 heavy (non-hydrogen) atoms. The fraction of sp³-hybridized carbons (Fsp3) is 0.920. The molecule has 4 rings (SSSR count). The van der Waals surface area contributed by atoms with Crippen LogP contribution in [0.3, 0.4) is 0 Å². The molecule has 0 aromatic carbocycles. The molecule has 3 unspecified atom stereocenters. The van der Waals surface area contributed by atoms with E-state index in [2.05, 4.69) is 24.3 Å². The fourth-order valence-corrected chi connectivity index (χ4v) is 8.33. The van der Waals surface area contributed by atoms with Crippen molar-refractivity contribution in [1.82, 2.24) is 5.32 Å². The minimum Gasteiger partial charge on any atom is -0.396 e. The average Bonchev–Trinajstić information content (AvgIpc) is 3.01. The Hall–Kier alpha value is -1.34. The standard InChI is InChI=1S/C25H44N4O3/c1-23-10-7-19(30)16-18(23)4-5-21-20(23)8-11-24(2)17(6-12-25(21,24)31)9-14-29-32-15-3-13-28-22(26)27/h14,17-21,30-31H,3-13,15-16H2,1-2H3,(H4,26,27,28)/b29-14+/t17?,18?,19?,20-,21-,23+,24-,25-/m1/s1. The van der Waals surface area contributed by atoms with Gasteiger partial charge in [-0.3, -0.25) is 5.41 Å². The lowest BCUT2D eigenvalue weighted by Gasteiger charge is -2.63. The summed E-state index contributed by atoms with van der Waals surface area (Å²) in [5.74, 6) is 2.02. The third-order valence-corrected chi connectivity index (χ3v) is 10.3. The molecular weight excluding hydrogens is 404 g/mol. The van der Waals surface area contributed by atoms with E-state index in [4.69, 9.17) is 16.0 Å². The van der Waals surface area contributed by atoms with Gasteiger partial charge in [0, 0.05) is 19.2 Å². The molecule has 4 fully saturated rings. The maximum Gasteiger partial charge on any atom is 0.185 e. The molecule has 0 amide bonds. The zero-order valence-electron chi connectivity index (χ0n) is 20.0. The molecule has 4 saturated carbocycles. The number of oxime groups is 1. The van der Waals surface area contributed by atoms with E-state index in [9.17, 15) is 10.2 Å². The Kier molecular flexibility index (Phi) is 6.79. The van der Waals surface area contributed by atoms with Crippen LogP contribution < -0.4 is 11.1 Å². The Morgan fingerprint density at radius 3 is 2.75 bits per heavy atom. The highest BCUT2D eigenvalue weighted by atomic mass is 16.6. The molecule has 4 aliphatic rings. The van der Waals surface area contributed by atoms with Gasteiger partial charge >= 0.3 is 0 Å². The molecule has 0 spiro atoms. The summed E-state index contributed by atoms with van der Waals surface area (Å²) in [6, 6.07) is 0. The predicted molar refractivity (Wildman–Crippen MR) is 126 cm³/mol. The number of aliphatic hydroxyl groups is 2. The molecule has 0 aliphatic heterocycles. The van der Waals surface area contributed by atoms with Crippen molar-refractivity contribution < 1.29 is 15.1 Å². The van der Waals surface area contributed by atoms with E-state index in [1.165, 1.54) is 6.42 Å². The SMILES string of the molecule is C[C@]12CCC(O)CC1CC[C@@H]1[C@H]2CC[C@]2(C)C(C/C=N/OCCCNC(=N)N)CC[C@@]12O. The summed E-state index contributed by atoms with van der Waals surface area (Å²) in [6.07, 6.45) is 12.9. The maximum atomic E-state index is 12.2. The van der Waals surface area contributed by atoms with Crippen LogP contribution in [0.4, 0.5) is 0 Å². The van der Waals surface area contributed by atoms with Crippen LogP contribution in [0.15, 0.2) is 5.16 Å². The van der Waals surface area contributed by atoms with Crippen molar-refractivity contribution in [2.24, 2.45) is 45.4 Å². The third kappa shape index (κ3) is 4.04. The fourth-order valence-electron chi connectivity index (χ4n) is 8.33. The quantitative estimate of drug-likeness (QED) is 0.177. The van der Waals surface area contributed by atoms with Crippen molar-refractivity contribution in [3.63, 3.8) is 0 Å². The van der Waals surface area contributed by atoms with E-state index in [-0.39, 0.29) is 22.9 Å². The Labute approximate surface area is 193 Å². The molecule has 0 aromatic rings. The Bertz CT molecular complexity index is 717. The summed E-state index contributed by atoms with van der Waals surface area (Å²) in [6.45, 7) is 5.91. The van der Waals surface area contributed by atoms with E-state index in [1.807, 2.05) is 6.21 Å². The number of nitrogens with zero attached hydrogens (tertiary/aromatic N) is 1. The lowest BCUT2D eigenvalue weighted by atomic mass is 9.43. The molecule has 0 radical (unpaired) electrons. The molecule has 4 aliphatic carbocycles. The molecule has 0 bridgehead atoms. The lowest BCUT2D eigenvalue weighted by Crippen LogP contribution is -2.62. The topological polar surface area (TPSA) is 124 Å². The van der Waals surface area contributed by atoms with Gasteiger partial charge in [0.1, 0.15) is 6.61 Å². The second-order valence-corrected chi connectivity index (χ2v) is 11.6. The number of hydrogen-bond donors (Lipinski definition) is 5. The molecule has 8 atom stereocenters. The maximum absolute atomic E-state index is 12.2. The van der Waals surface area contributed by atoms with Crippen molar-refractivity contribution in [3.8, 4) is 0 Å². The van der Waals surface area contributed by atoms with Gasteiger partial charge in [0.2, 0.25) is 0 Å². The molecular formula is C25H44N4O3. The second-order valence-electron chi connectivity index (χ2n) is 11.6. The molecule has 7 heteroatoms. The van der Waals surface area contributed by atoms with Gasteiger partial charge in [-0.25, -0.2) is 0 Å². The van der Waals surface area contributed by atoms with Crippen molar-refractivity contribution in [2.45, 2.75) is 96.2 Å². The second kappa shape index (κ2) is 9.13. The molecule has 0 saturated heterocycles. The highest BCUT2D eigenvalue weighted by molar-refractivity contribution is 5.74. The van der Waals surface area contributed by atoms with Crippen molar-refractivity contribution >= 4 is 12.2 Å². The van der Waals surface area contributed by atoms with Gasteiger partial charge < -0.3 is 26.1 Å². The highest BCUT2D eigenvalue weighted by Gasteiger charge is 2.66. The number of rotatable bonds is 7. The number of aliphatic hydroxyl groups excluding tert-OH is 1. The Morgan fingerprint density at radius 1 is 1.16 bits per heavy atom. The number of fused-ring (bicyclic) bond motifs is 5. The monoisotopic (exact) mass is 448 g/mol. The first-order valence-corrected chi connectivity index (χ1v) is 12.8. The molecule has 0 heterocycles. The Morgan fingerprint density at radius 2 is 1.97 bits per heavy atom. The zero-order chi connectivity index (χ0) is 23.0. The van der Waals surface area contributed by atoms with E-state index in [0.29, 0.717) is 36.8 Å². The van der Waals surface area contributed by atoms with Gasteiger partial charge in [0.05, 0.1) is 11.7 Å². The minimum atomic E-state index is -0.572. The van der Waals surface area contributed by atoms with Gasteiger partial charge in [-0.2, -0.15) is 0 Å². The van der Waals surface area contributed by atoms with Crippen LogP contribution >= 0.6 is 0 Å². The summed E-state index contributed by atoms with van der Waals surface area (Å²) in [5, 5.41) is 36.4. The van der Waals surface area contributed by atoms with Gasteiger partial charge in [-0.1, -0.05) is 19.0 Å². The van der Waals surface area contributed by atoms with Crippen LogP contribution in [0.2, 0.25) is 0 Å². The number of guanidine groups is 1. The van der Waals surface area contributed by atoms with Crippen molar-refractivity contribution in [1.29, 1.82) is 5.41 Å². The van der Waals surface area contributed by atoms with E-state index in [1.54, 1.807) is 0 Å². The van der Waals surface area contributed by atoms with Crippen LogP contribution in [-0.4, -0.2) is 47.2 Å². The zero-order valence-corrected chi connectivity index (χ0v) is 20.0. The van der Waals surface area contributed by atoms with Crippen molar-refractivity contribution in [3.05, 3.63) is 0 Å². The molecule has 182 valence electrons. The van der Waals surface area contributed by atoms with Crippen LogP contribution in [0.25, 0.3) is 0 Å². The number of hydrogen-bond acceptors (Lipinski definition) is 5. The summed E-state index contributed by atoms with van der Waals surface area (Å²) < 4.78 is 0.